The lowest BCUT2D eigenvalue weighted by Crippen LogP contribution is -2.07. The van der Waals surface area contributed by atoms with Gasteiger partial charge in [0, 0.05) is 24.1 Å². The van der Waals surface area contributed by atoms with Crippen LogP contribution in [0.25, 0.3) is 11.3 Å². The summed E-state index contributed by atoms with van der Waals surface area (Å²) < 4.78 is 28.1. The van der Waals surface area contributed by atoms with E-state index in [-0.39, 0.29) is 17.0 Å². The molecule has 0 saturated carbocycles. The van der Waals surface area contributed by atoms with Crippen molar-refractivity contribution in [3.8, 4) is 11.3 Å². The van der Waals surface area contributed by atoms with Gasteiger partial charge in [0.2, 0.25) is 0 Å². The van der Waals surface area contributed by atoms with Gasteiger partial charge in [0.15, 0.2) is 11.6 Å². The Kier molecular flexibility index (Phi) is 4.21. The third kappa shape index (κ3) is 2.73. The van der Waals surface area contributed by atoms with Crippen molar-refractivity contribution in [1.82, 2.24) is 9.97 Å². The van der Waals surface area contributed by atoms with Crippen molar-refractivity contribution in [1.29, 1.82) is 0 Å². The van der Waals surface area contributed by atoms with Crippen LogP contribution in [0.3, 0.4) is 0 Å². The van der Waals surface area contributed by atoms with E-state index < -0.39 is 11.6 Å². The zero-order valence-corrected chi connectivity index (χ0v) is 12.9. The molecule has 2 aromatic rings. The van der Waals surface area contributed by atoms with Crippen LogP contribution >= 0.6 is 0 Å². The Hall–Kier alpha value is -2.04. The Morgan fingerprint density at radius 1 is 1.05 bits per heavy atom. The van der Waals surface area contributed by atoms with E-state index in [2.05, 4.69) is 15.3 Å². The molecule has 1 aromatic carbocycles. The maximum Gasteiger partial charge on any atom is 0.168 e. The van der Waals surface area contributed by atoms with Gasteiger partial charge in [-0.3, -0.25) is 0 Å². The lowest BCUT2D eigenvalue weighted by atomic mass is 10.0. The fourth-order valence-electron chi connectivity index (χ4n) is 2.13. The molecule has 112 valence electrons. The molecule has 0 aliphatic rings. The second-order valence-electron chi connectivity index (χ2n) is 5.37. The van der Waals surface area contributed by atoms with E-state index in [0.717, 1.165) is 0 Å². The largest absolute Gasteiger partial charge is 0.373 e. The van der Waals surface area contributed by atoms with Crippen molar-refractivity contribution in [2.75, 3.05) is 12.4 Å². The first kappa shape index (κ1) is 15.4. The van der Waals surface area contributed by atoms with Gasteiger partial charge in [0.05, 0.1) is 5.69 Å². The SMILES string of the molecule is CNc1nc(C(C)C)nc(-c2ccc(C)c(F)c2F)c1C. The van der Waals surface area contributed by atoms with Crippen molar-refractivity contribution in [3.05, 3.63) is 40.7 Å². The summed E-state index contributed by atoms with van der Waals surface area (Å²) in [5.41, 5.74) is 1.57. The van der Waals surface area contributed by atoms with Crippen LogP contribution in [0, 0.1) is 25.5 Å². The number of rotatable bonds is 3. The molecular formula is C16H19F2N3. The average molecular weight is 291 g/mol. The fourth-order valence-corrected chi connectivity index (χ4v) is 2.13. The number of nitrogens with zero attached hydrogens (tertiary/aromatic N) is 2. The van der Waals surface area contributed by atoms with Crippen LogP contribution in [0.5, 0.6) is 0 Å². The number of aryl methyl sites for hydroxylation is 1. The molecule has 0 spiro atoms. The molecule has 1 heterocycles. The highest BCUT2D eigenvalue weighted by atomic mass is 19.2. The van der Waals surface area contributed by atoms with E-state index in [1.54, 1.807) is 26.1 Å². The summed E-state index contributed by atoms with van der Waals surface area (Å²) in [7, 11) is 1.75. The van der Waals surface area contributed by atoms with Crippen molar-refractivity contribution in [2.24, 2.45) is 0 Å². The zero-order valence-electron chi connectivity index (χ0n) is 12.9. The molecule has 3 nitrogen and oxygen atoms in total. The molecule has 0 fully saturated rings. The van der Waals surface area contributed by atoms with E-state index in [4.69, 9.17) is 0 Å². The Morgan fingerprint density at radius 2 is 1.71 bits per heavy atom. The Balaban J connectivity index is 2.74. The van der Waals surface area contributed by atoms with Gasteiger partial charge >= 0.3 is 0 Å². The highest BCUT2D eigenvalue weighted by molar-refractivity contribution is 5.69. The normalized spacial score (nSPS) is 11.0. The lowest BCUT2D eigenvalue weighted by molar-refractivity contribution is 0.505. The van der Waals surface area contributed by atoms with Crippen LogP contribution < -0.4 is 5.32 Å². The minimum Gasteiger partial charge on any atom is -0.373 e. The molecular weight excluding hydrogens is 272 g/mol. The van der Waals surface area contributed by atoms with Gasteiger partial charge in [0.1, 0.15) is 11.6 Å². The van der Waals surface area contributed by atoms with E-state index in [9.17, 15) is 8.78 Å². The minimum absolute atomic E-state index is 0.0924. The number of nitrogens with one attached hydrogen (secondary N) is 1. The predicted molar refractivity (Wildman–Crippen MR) is 80.5 cm³/mol. The molecule has 0 unspecified atom stereocenters. The quantitative estimate of drug-likeness (QED) is 0.920. The third-order valence-electron chi connectivity index (χ3n) is 3.45. The second-order valence-corrected chi connectivity index (χ2v) is 5.37. The molecule has 1 aromatic heterocycles. The second kappa shape index (κ2) is 5.76. The monoisotopic (exact) mass is 291 g/mol. The predicted octanol–water partition coefficient (Wildman–Crippen LogP) is 4.20. The highest BCUT2D eigenvalue weighted by Crippen LogP contribution is 2.31. The number of benzene rings is 1. The maximum absolute atomic E-state index is 14.2. The van der Waals surface area contributed by atoms with E-state index in [0.29, 0.717) is 22.9 Å². The van der Waals surface area contributed by atoms with E-state index in [1.165, 1.54) is 6.92 Å². The van der Waals surface area contributed by atoms with Crippen LogP contribution in [0.2, 0.25) is 0 Å². The Bertz CT molecular complexity index is 682. The van der Waals surface area contributed by atoms with Crippen molar-refractivity contribution in [3.63, 3.8) is 0 Å². The van der Waals surface area contributed by atoms with Crippen molar-refractivity contribution >= 4 is 5.82 Å². The van der Waals surface area contributed by atoms with Gasteiger partial charge in [-0.2, -0.15) is 0 Å². The van der Waals surface area contributed by atoms with Gasteiger partial charge in [-0.05, 0) is 25.5 Å². The van der Waals surface area contributed by atoms with Crippen LogP contribution in [-0.2, 0) is 0 Å². The van der Waals surface area contributed by atoms with Crippen LogP contribution in [0.15, 0.2) is 12.1 Å². The van der Waals surface area contributed by atoms with E-state index >= 15 is 0 Å². The van der Waals surface area contributed by atoms with Gasteiger partial charge in [-0.25, -0.2) is 18.7 Å². The first-order valence-corrected chi connectivity index (χ1v) is 6.88. The fraction of sp³-hybridized carbons (Fsp3) is 0.375. The molecule has 5 heteroatoms. The molecule has 0 aliphatic carbocycles. The maximum atomic E-state index is 14.2. The van der Waals surface area contributed by atoms with Crippen LogP contribution in [0.1, 0.15) is 36.7 Å². The van der Waals surface area contributed by atoms with Crippen molar-refractivity contribution < 1.29 is 8.78 Å². The minimum atomic E-state index is -0.867. The van der Waals surface area contributed by atoms with Crippen LogP contribution in [0.4, 0.5) is 14.6 Å². The molecule has 0 bridgehead atoms. The third-order valence-corrected chi connectivity index (χ3v) is 3.45. The summed E-state index contributed by atoms with van der Waals surface area (Å²) in [6, 6.07) is 3.12. The molecule has 0 radical (unpaired) electrons. The molecule has 1 N–H and O–H groups in total. The summed E-state index contributed by atoms with van der Waals surface area (Å²) in [6.07, 6.45) is 0. The summed E-state index contributed by atoms with van der Waals surface area (Å²) in [5.74, 6) is -0.379. The van der Waals surface area contributed by atoms with Gasteiger partial charge < -0.3 is 5.32 Å². The summed E-state index contributed by atoms with van der Waals surface area (Å²) in [4.78, 5) is 8.83. The van der Waals surface area contributed by atoms with Gasteiger partial charge in [-0.1, -0.05) is 19.9 Å². The average Bonchev–Trinajstić information content (AvgIpc) is 2.45. The topological polar surface area (TPSA) is 37.8 Å². The summed E-state index contributed by atoms with van der Waals surface area (Å²) in [6.45, 7) is 7.25. The van der Waals surface area contributed by atoms with Gasteiger partial charge in [0.25, 0.3) is 0 Å². The standard InChI is InChI=1S/C16H19F2N3/c1-8(2)15-20-14(10(4)16(19-5)21-15)11-7-6-9(3)12(17)13(11)18/h6-8H,1-5H3,(H,19,20,21). The molecule has 0 amide bonds. The molecule has 21 heavy (non-hydrogen) atoms. The lowest BCUT2D eigenvalue weighted by Gasteiger charge is -2.15. The first-order valence-electron chi connectivity index (χ1n) is 6.88. The number of hydrogen-bond donors (Lipinski definition) is 1. The van der Waals surface area contributed by atoms with Crippen molar-refractivity contribution in [2.45, 2.75) is 33.6 Å². The number of aromatic nitrogens is 2. The molecule has 2 rings (SSSR count). The first-order chi connectivity index (χ1) is 9.86. The van der Waals surface area contributed by atoms with Crippen LogP contribution in [-0.4, -0.2) is 17.0 Å². The number of halogens is 2. The summed E-state index contributed by atoms with van der Waals surface area (Å²) in [5, 5.41) is 2.98. The Morgan fingerprint density at radius 3 is 2.29 bits per heavy atom. The smallest absolute Gasteiger partial charge is 0.168 e. The molecule has 0 atom stereocenters. The zero-order chi connectivity index (χ0) is 15.7. The molecule has 0 saturated heterocycles. The van der Waals surface area contributed by atoms with E-state index in [1.807, 2.05) is 13.8 Å². The number of hydrogen-bond acceptors (Lipinski definition) is 3. The molecule has 0 aliphatic heterocycles. The highest BCUT2D eigenvalue weighted by Gasteiger charge is 2.19. The van der Waals surface area contributed by atoms with Gasteiger partial charge in [-0.15, -0.1) is 0 Å². The summed E-state index contributed by atoms with van der Waals surface area (Å²) >= 11 is 0. The Labute approximate surface area is 123 Å². The number of anilines is 1.